The summed E-state index contributed by atoms with van der Waals surface area (Å²) in [4.78, 5) is 26.4. The number of hydrogen-bond donors (Lipinski definition) is 1. The number of hydrogen-bond acceptors (Lipinski definition) is 4. The molecule has 124 valence electrons. The van der Waals surface area contributed by atoms with E-state index in [9.17, 15) is 9.18 Å². The number of aryl methyl sites for hydroxylation is 1. The summed E-state index contributed by atoms with van der Waals surface area (Å²) < 4.78 is 18.5. The summed E-state index contributed by atoms with van der Waals surface area (Å²) in [5.74, 6) is 0.728. The van der Waals surface area contributed by atoms with Crippen molar-refractivity contribution in [1.29, 1.82) is 0 Å². The van der Waals surface area contributed by atoms with E-state index in [4.69, 9.17) is 4.42 Å². The van der Waals surface area contributed by atoms with Crippen molar-refractivity contribution in [2.75, 3.05) is 6.54 Å². The zero-order chi connectivity index (χ0) is 16.7. The van der Waals surface area contributed by atoms with Gasteiger partial charge in [-0.05, 0) is 44.4 Å². The number of carbonyl (C=O) groups excluding carboxylic acids is 1. The third-order valence-electron chi connectivity index (χ3n) is 4.49. The molecule has 2 aromatic heterocycles. The Kier molecular flexibility index (Phi) is 3.55. The summed E-state index contributed by atoms with van der Waals surface area (Å²) in [6.45, 7) is 2.37. The van der Waals surface area contributed by atoms with Crippen molar-refractivity contribution in [1.82, 2.24) is 19.9 Å². The molecular weight excluding hydrogens is 311 g/mol. The van der Waals surface area contributed by atoms with Gasteiger partial charge in [0.15, 0.2) is 12.1 Å². The van der Waals surface area contributed by atoms with Gasteiger partial charge in [0.2, 0.25) is 0 Å². The number of halogens is 1. The van der Waals surface area contributed by atoms with Crippen LogP contribution in [0, 0.1) is 12.7 Å². The van der Waals surface area contributed by atoms with Crippen LogP contribution in [0.4, 0.5) is 4.39 Å². The second-order valence-electron chi connectivity index (χ2n) is 6.05. The molecule has 1 amide bonds. The predicted octanol–water partition coefficient (Wildman–Crippen LogP) is 3.37. The van der Waals surface area contributed by atoms with Crippen molar-refractivity contribution < 1.29 is 13.6 Å². The first-order chi connectivity index (χ1) is 11.6. The van der Waals surface area contributed by atoms with Gasteiger partial charge in [-0.1, -0.05) is 0 Å². The first-order valence-corrected chi connectivity index (χ1v) is 7.99. The molecule has 0 saturated carbocycles. The Morgan fingerprint density at radius 2 is 2.29 bits per heavy atom. The van der Waals surface area contributed by atoms with E-state index in [2.05, 4.69) is 15.0 Å². The van der Waals surface area contributed by atoms with Crippen LogP contribution in [0.2, 0.25) is 0 Å². The van der Waals surface area contributed by atoms with Gasteiger partial charge in [0, 0.05) is 6.54 Å². The normalized spacial score (nSPS) is 18.2. The minimum absolute atomic E-state index is 0.155. The maximum absolute atomic E-state index is 13.4. The van der Waals surface area contributed by atoms with Crippen LogP contribution in [0.3, 0.4) is 0 Å². The number of aromatic amines is 1. The fourth-order valence-corrected chi connectivity index (χ4v) is 3.26. The van der Waals surface area contributed by atoms with Crippen molar-refractivity contribution in [3.8, 4) is 0 Å². The van der Waals surface area contributed by atoms with E-state index in [1.54, 1.807) is 17.9 Å². The Balaban J connectivity index is 1.70. The quantitative estimate of drug-likeness (QED) is 0.782. The number of carbonyl (C=O) groups is 1. The predicted molar refractivity (Wildman–Crippen MR) is 84.9 cm³/mol. The molecule has 7 heteroatoms. The molecule has 0 unspecified atom stereocenters. The summed E-state index contributed by atoms with van der Waals surface area (Å²) in [5.41, 5.74) is 1.67. The van der Waals surface area contributed by atoms with Gasteiger partial charge in [-0.25, -0.2) is 14.4 Å². The lowest BCUT2D eigenvalue weighted by atomic mass is 10.0. The molecule has 0 aliphatic carbocycles. The largest absolute Gasteiger partial charge is 0.448 e. The molecule has 0 bridgehead atoms. The first-order valence-electron chi connectivity index (χ1n) is 7.99. The second-order valence-corrected chi connectivity index (χ2v) is 6.05. The van der Waals surface area contributed by atoms with Gasteiger partial charge >= 0.3 is 0 Å². The molecule has 3 aromatic rings. The highest BCUT2D eigenvalue weighted by atomic mass is 19.1. The average molecular weight is 328 g/mol. The standard InChI is InChI=1S/C17H17FN4O2/c1-10-15(19-9-24-10)17(23)22-7-3-2-4-14(22)16-20-12-6-5-11(18)8-13(12)21-16/h5-6,8-9,14H,2-4,7H2,1H3,(H,20,21)/t14-/m0/s1. The van der Waals surface area contributed by atoms with Gasteiger partial charge in [-0.15, -0.1) is 0 Å². The number of piperidine rings is 1. The van der Waals surface area contributed by atoms with E-state index in [1.807, 2.05) is 0 Å². The number of benzene rings is 1. The highest BCUT2D eigenvalue weighted by Gasteiger charge is 2.32. The van der Waals surface area contributed by atoms with Gasteiger partial charge in [0.05, 0.1) is 17.1 Å². The third kappa shape index (κ3) is 2.46. The number of H-pyrrole nitrogens is 1. The van der Waals surface area contributed by atoms with Gasteiger partial charge in [0.1, 0.15) is 17.4 Å². The van der Waals surface area contributed by atoms with Crippen molar-refractivity contribution >= 4 is 16.9 Å². The van der Waals surface area contributed by atoms with Crippen molar-refractivity contribution in [3.05, 3.63) is 47.7 Å². The van der Waals surface area contributed by atoms with Crippen LogP contribution in [0.5, 0.6) is 0 Å². The minimum atomic E-state index is -0.313. The lowest BCUT2D eigenvalue weighted by molar-refractivity contribution is 0.0594. The first kappa shape index (κ1) is 14.9. The summed E-state index contributed by atoms with van der Waals surface area (Å²) in [6, 6.07) is 4.28. The number of imidazole rings is 1. The monoisotopic (exact) mass is 328 g/mol. The van der Waals surface area contributed by atoms with Crippen LogP contribution in [0.25, 0.3) is 11.0 Å². The molecule has 1 saturated heterocycles. The number of aromatic nitrogens is 3. The lowest BCUT2D eigenvalue weighted by Crippen LogP contribution is -2.39. The van der Waals surface area contributed by atoms with E-state index in [0.717, 1.165) is 19.3 Å². The Morgan fingerprint density at radius 1 is 1.42 bits per heavy atom. The van der Waals surface area contributed by atoms with Crippen LogP contribution in [0.1, 0.15) is 47.4 Å². The molecule has 1 aromatic carbocycles. The lowest BCUT2D eigenvalue weighted by Gasteiger charge is -2.34. The van der Waals surface area contributed by atoms with Gasteiger partial charge in [-0.2, -0.15) is 0 Å². The molecule has 1 aliphatic heterocycles. The van der Waals surface area contributed by atoms with E-state index in [1.165, 1.54) is 18.5 Å². The molecule has 1 fully saturated rings. The number of oxazole rings is 1. The van der Waals surface area contributed by atoms with Gasteiger partial charge < -0.3 is 14.3 Å². The zero-order valence-corrected chi connectivity index (χ0v) is 13.3. The molecule has 6 nitrogen and oxygen atoms in total. The maximum Gasteiger partial charge on any atom is 0.276 e. The number of rotatable bonds is 2. The molecular formula is C17H17FN4O2. The van der Waals surface area contributed by atoms with Crippen LogP contribution in [0.15, 0.2) is 29.0 Å². The third-order valence-corrected chi connectivity index (χ3v) is 4.49. The Morgan fingerprint density at radius 3 is 3.08 bits per heavy atom. The van der Waals surface area contributed by atoms with Crippen LogP contribution < -0.4 is 0 Å². The Bertz CT molecular complexity index is 901. The second kappa shape index (κ2) is 5.74. The highest BCUT2D eigenvalue weighted by molar-refractivity contribution is 5.93. The molecule has 0 spiro atoms. The topological polar surface area (TPSA) is 75.0 Å². The van der Waals surface area contributed by atoms with Crippen LogP contribution in [-0.4, -0.2) is 32.3 Å². The van der Waals surface area contributed by atoms with E-state index < -0.39 is 0 Å². The molecule has 24 heavy (non-hydrogen) atoms. The van der Waals surface area contributed by atoms with Crippen molar-refractivity contribution in [2.45, 2.75) is 32.2 Å². The molecule has 1 N–H and O–H groups in total. The molecule has 4 rings (SSSR count). The van der Waals surface area contributed by atoms with Gasteiger partial charge in [0.25, 0.3) is 5.91 Å². The highest BCUT2D eigenvalue weighted by Crippen LogP contribution is 2.32. The maximum atomic E-state index is 13.4. The fourth-order valence-electron chi connectivity index (χ4n) is 3.26. The van der Waals surface area contributed by atoms with Crippen molar-refractivity contribution in [2.24, 2.45) is 0 Å². The minimum Gasteiger partial charge on any atom is -0.448 e. The fraction of sp³-hybridized carbons (Fsp3) is 0.353. The summed E-state index contributed by atoms with van der Waals surface area (Å²) in [6.07, 6.45) is 4.04. The van der Waals surface area contributed by atoms with Crippen LogP contribution >= 0.6 is 0 Å². The molecule has 3 heterocycles. The number of nitrogens with zero attached hydrogens (tertiary/aromatic N) is 3. The number of fused-ring (bicyclic) bond motifs is 1. The van der Waals surface area contributed by atoms with Crippen molar-refractivity contribution in [3.63, 3.8) is 0 Å². The Hall–Kier alpha value is -2.70. The summed E-state index contributed by atoms with van der Waals surface area (Å²) in [5, 5.41) is 0. The Labute approximate surface area is 137 Å². The summed E-state index contributed by atoms with van der Waals surface area (Å²) >= 11 is 0. The molecule has 1 aliphatic rings. The SMILES string of the molecule is Cc1ocnc1C(=O)N1CCCC[C@H]1c1nc2ccc(F)cc2[nH]1. The smallest absolute Gasteiger partial charge is 0.276 e. The van der Waals surface area contributed by atoms with Crippen LogP contribution in [-0.2, 0) is 0 Å². The number of nitrogens with one attached hydrogen (secondary N) is 1. The molecule has 1 atom stereocenters. The van der Waals surface area contributed by atoms with E-state index in [-0.39, 0.29) is 17.8 Å². The zero-order valence-electron chi connectivity index (χ0n) is 13.3. The summed E-state index contributed by atoms with van der Waals surface area (Å²) in [7, 11) is 0. The molecule has 0 radical (unpaired) electrons. The average Bonchev–Trinajstić information content (AvgIpc) is 3.19. The number of amides is 1. The van der Waals surface area contributed by atoms with E-state index in [0.29, 0.717) is 34.9 Å². The van der Waals surface area contributed by atoms with E-state index >= 15 is 0 Å². The van der Waals surface area contributed by atoms with Gasteiger partial charge in [-0.3, -0.25) is 4.79 Å². The number of likely N-dealkylation sites (tertiary alicyclic amines) is 1.